The molecule has 0 saturated carbocycles. The molecule has 0 unspecified atom stereocenters. The molecule has 4 rings (SSSR count). The molecule has 27 heavy (non-hydrogen) atoms. The van der Waals surface area contributed by atoms with Gasteiger partial charge in [0.1, 0.15) is 10.7 Å². The Hall–Kier alpha value is -2.33. The second-order valence-electron chi connectivity index (χ2n) is 6.68. The van der Waals surface area contributed by atoms with E-state index in [2.05, 4.69) is 15.1 Å². The number of sulfonamides is 1. The Morgan fingerprint density at radius 1 is 1.30 bits per heavy atom. The molecule has 1 aromatic carbocycles. The fourth-order valence-corrected chi connectivity index (χ4v) is 5.19. The number of halogens is 2. The highest BCUT2D eigenvalue weighted by atomic mass is 32.2. The molecular formula is C17H19F2N5O2S. The second-order valence-corrected chi connectivity index (χ2v) is 8.58. The van der Waals surface area contributed by atoms with Crippen LogP contribution in [0.15, 0.2) is 35.4 Å². The third kappa shape index (κ3) is 3.23. The first-order valence-electron chi connectivity index (χ1n) is 8.65. The van der Waals surface area contributed by atoms with E-state index in [1.165, 1.54) is 11.2 Å². The summed E-state index contributed by atoms with van der Waals surface area (Å²) in [7, 11) is -3.90. The van der Waals surface area contributed by atoms with Gasteiger partial charge in [0.25, 0.3) is 0 Å². The lowest BCUT2D eigenvalue weighted by atomic mass is 9.99. The zero-order valence-electron chi connectivity index (χ0n) is 14.6. The topological polar surface area (TPSA) is 83.9 Å². The first kappa shape index (κ1) is 18.1. The molecule has 0 bridgehead atoms. The number of fused-ring (bicyclic) bond motifs is 1. The van der Waals surface area contributed by atoms with Crippen LogP contribution in [0.5, 0.6) is 0 Å². The Morgan fingerprint density at radius 3 is 2.78 bits per heavy atom. The normalized spacial score (nSPS) is 19.2. The lowest BCUT2D eigenvalue weighted by molar-refractivity contribution is 0.0561. The van der Waals surface area contributed by atoms with Crippen molar-refractivity contribution >= 4 is 21.1 Å². The number of alkyl halides is 2. The highest BCUT2D eigenvalue weighted by Gasteiger charge is 2.34. The summed E-state index contributed by atoms with van der Waals surface area (Å²) in [5.74, 6) is 0.669. The summed E-state index contributed by atoms with van der Waals surface area (Å²) in [4.78, 5) is 7.66. The lowest BCUT2D eigenvalue weighted by Gasteiger charge is -2.30. The third-order valence-corrected chi connectivity index (χ3v) is 6.84. The number of H-pyrrole nitrogens is 1. The minimum absolute atomic E-state index is 0.0705. The summed E-state index contributed by atoms with van der Waals surface area (Å²) in [5, 5.41) is 3.62. The average molecular weight is 395 g/mol. The Labute approximate surface area is 155 Å². The third-order valence-electron chi connectivity index (χ3n) is 4.87. The van der Waals surface area contributed by atoms with E-state index in [0.717, 1.165) is 29.5 Å². The first-order valence-corrected chi connectivity index (χ1v) is 10.1. The van der Waals surface area contributed by atoms with Crippen molar-refractivity contribution in [3.05, 3.63) is 42.0 Å². The van der Waals surface area contributed by atoms with Gasteiger partial charge in [-0.25, -0.2) is 18.1 Å². The number of imidazole rings is 1. The minimum atomic E-state index is -3.90. The van der Waals surface area contributed by atoms with E-state index < -0.39 is 16.6 Å². The highest BCUT2D eigenvalue weighted by molar-refractivity contribution is 7.89. The number of piperidine rings is 1. The lowest BCUT2D eigenvalue weighted by Crippen LogP contribution is -2.39. The van der Waals surface area contributed by atoms with Crippen LogP contribution in [-0.2, 0) is 10.0 Å². The quantitative estimate of drug-likeness (QED) is 0.736. The molecule has 7 nitrogen and oxygen atoms in total. The SMILES string of the molecule is Cc1nn(C(F)F)cc1S(=O)(=O)N1CCC[C@H](c2nc3ccccc3[nH]2)C1. The molecule has 1 aliphatic heterocycles. The molecule has 1 aliphatic rings. The van der Waals surface area contributed by atoms with E-state index in [1.807, 2.05) is 24.3 Å². The molecule has 3 aromatic rings. The van der Waals surface area contributed by atoms with Crippen molar-refractivity contribution in [3.8, 4) is 0 Å². The fraction of sp³-hybridized carbons (Fsp3) is 0.412. The van der Waals surface area contributed by atoms with Crippen molar-refractivity contribution < 1.29 is 17.2 Å². The summed E-state index contributed by atoms with van der Waals surface area (Å²) >= 11 is 0. The summed E-state index contributed by atoms with van der Waals surface area (Å²) < 4.78 is 53.4. The molecule has 10 heteroatoms. The number of nitrogens with one attached hydrogen (secondary N) is 1. The molecule has 2 aromatic heterocycles. The van der Waals surface area contributed by atoms with Gasteiger partial charge in [0.2, 0.25) is 10.0 Å². The maximum atomic E-state index is 13.0. The number of aryl methyl sites for hydroxylation is 1. The van der Waals surface area contributed by atoms with Crippen LogP contribution in [0.3, 0.4) is 0 Å². The zero-order chi connectivity index (χ0) is 19.2. The Bertz CT molecular complexity index is 1040. The molecule has 1 N–H and O–H groups in total. The molecular weight excluding hydrogens is 376 g/mol. The van der Waals surface area contributed by atoms with E-state index in [-0.39, 0.29) is 23.1 Å². The first-order chi connectivity index (χ1) is 12.9. The maximum Gasteiger partial charge on any atom is 0.333 e. The molecule has 0 aliphatic carbocycles. The fourth-order valence-electron chi connectivity index (χ4n) is 3.51. The monoisotopic (exact) mass is 395 g/mol. The molecule has 1 saturated heterocycles. The maximum absolute atomic E-state index is 13.0. The number of nitrogens with zero attached hydrogens (tertiary/aromatic N) is 4. The van der Waals surface area contributed by atoms with E-state index >= 15 is 0 Å². The van der Waals surface area contributed by atoms with Gasteiger partial charge < -0.3 is 4.98 Å². The van der Waals surface area contributed by atoms with Crippen LogP contribution in [0, 0.1) is 6.92 Å². The van der Waals surface area contributed by atoms with Crippen molar-refractivity contribution in [2.75, 3.05) is 13.1 Å². The number of aromatic amines is 1. The molecule has 0 spiro atoms. The Morgan fingerprint density at radius 2 is 2.07 bits per heavy atom. The van der Waals surface area contributed by atoms with Crippen LogP contribution < -0.4 is 0 Å². The standard InChI is InChI=1S/C17H19F2N5O2S/c1-11-15(10-24(22-11)17(18)19)27(25,26)23-8-4-5-12(9-23)16-20-13-6-2-3-7-14(13)21-16/h2-3,6-7,10,12,17H,4-5,8-9H2,1H3,(H,20,21)/t12-/m0/s1. The smallest absolute Gasteiger partial charge is 0.333 e. The largest absolute Gasteiger partial charge is 0.342 e. The molecule has 1 atom stereocenters. The van der Waals surface area contributed by atoms with Crippen molar-refractivity contribution in [1.82, 2.24) is 24.1 Å². The summed E-state index contributed by atoms with van der Waals surface area (Å²) in [6.45, 7) is -0.857. The van der Waals surface area contributed by atoms with Crippen LogP contribution in [-0.4, -0.2) is 45.6 Å². The van der Waals surface area contributed by atoms with Crippen LogP contribution in [0.25, 0.3) is 11.0 Å². The van der Waals surface area contributed by atoms with Gasteiger partial charge in [-0.1, -0.05) is 12.1 Å². The number of hydrogen-bond acceptors (Lipinski definition) is 4. The summed E-state index contributed by atoms with van der Waals surface area (Å²) in [5.41, 5.74) is 1.81. The van der Waals surface area contributed by atoms with E-state index in [9.17, 15) is 17.2 Å². The van der Waals surface area contributed by atoms with Gasteiger partial charge in [0.05, 0.1) is 22.9 Å². The van der Waals surface area contributed by atoms with E-state index in [0.29, 0.717) is 17.6 Å². The number of hydrogen-bond donors (Lipinski definition) is 1. The molecule has 0 amide bonds. The van der Waals surface area contributed by atoms with Gasteiger partial charge in [-0.15, -0.1) is 0 Å². The Kier molecular flexibility index (Phi) is 4.47. The Balaban J connectivity index is 1.62. The van der Waals surface area contributed by atoms with E-state index in [4.69, 9.17) is 0 Å². The van der Waals surface area contributed by atoms with Gasteiger partial charge >= 0.3 is 6.55 Å². The molecule has 144 valence electrons. The average Bonchev–Trinajstić information content (AvgIpc) is 3.26. The molecule has 3 heterocycles. The van der Waals surface area contributed by atoms with Crippen molar-refractivity contribution in [2.24, 2.45) is 0 Å². The van der Waals surface area contributed by atoms with Gasteiger partial charge in [0, 0.05) is 19.0 Å². The summed E-state index contributed by atoms with van der Waals surface area (Å²) in [6.07, 6.45) is 2.38. The number of aromatic nitrogens is 4. The van der Waals surface area contributed by atoms with Crippen molar-refractivity contribution in [1.29, 1.82) is 0 Å². The number of rotatable bonds is 4. The number of para-hydroxylation sites is 2. The van der Waals surface area contributed by atoms with Crippen LogP contribution in [0.1, 0.15) is 36.8 Å². The zero-order valence-corrected chi connectivity index (χ0v) is 15.5. The predicted octanol–water partition coefficient (Wildman–Crippen LogP) is 3.03. The van der Waals surface area contributed by atoms with Crippen molar-refractivity contribution in [2.45, 2.75) is 37.1 Å². The highest BCUT2D eigenvalue weighted by Crippen LogP contribution is 2.31. The number of benzene rings is 1. The van der Waals surface area contributed by atoms with Gasteiger partial charge in [-0.2, -0.15) is 18.2 Å². The predicted molar refractivity (Wildman–Crippen MR) is 95.0 cm³/mol. The van der Waals surface area contributed by atoms with Gasteiger partial charge in [-0.05, 0) is 31.9 Å². The summed E-state index contributed by atoms with van der Waals surface area (Å²) in [6, 6.07) is 7.62. The second kappa shape index (κ2) is 6.68. The van der Waals surface area contributed by atoms with Crippen LogP contribution >= 0.6 is 0 Å². The molecule has 0 radical (unpaired) electrons. The molecule has 1 fully saturated rings. The van der Waals surface area contributed by atoms with Crippen molar-refractivity contribution in [3.63, 3.8) is 0 Å². The van der Waals surface area contributed by atoms with Crippen LogP contribution in [0.4, 0.5) is 8.78 Å². The van der Waals surface area contributed by atoms with Gasteiger partial charge in [0.15, 0.2) is 0 Å². The van der Waals surface area contributed by atoms with Crippen LogP contribution in [0.2, 0.25) is 0 Å². The van der Waals surface area contributed by atoms with Gasteiger partial charge in [-0.3, -0.25) is 0 Å². The van der Waals surface area contributed by atoms with E-state index in [1.54, 1.807) is 0 Å². The minimum Gasteiger partial charge on any atom is -0.342 e.